The Bertz CT molecular complexity index is 298. The maximum atomic E-state index is 9.32. The van der Waals surface area contributed by atoms with Crippen molar-refractivity contribution in [2.75, 3.05) is 19.8 Å². The topological polar surface area (TPSA) is 29.5 Å². The van der Waals surface area contributed by atoms with Crippen molar-refractivity contribution in [2.45, 2.75) is 26.2 Å². The van der Waals surface area contributed by atoms with E-state index >= 15 is 0 Å². The van der Waals surface area contributed by atoms with E-state index in [4.69, 9.17) is 16.3 Å². The summed E-state index contributed by atoms with van der Waals surface area (Å²) < 4.78 is 5.44. The minimum absolute atomic E-state index is 0.206. The van der Waals surface area contributed by atoms with Crippen molar-refractivity contribution < 1.29 is 9.84 Å². The maximum absolute atomic E-state index is 9.32. The maximum Gasteiger partial charge on any atom is 0.0469 e. The first-order valence-corrected chi connectivity index (χ1v) is 6.57. The molecule has 1 unspecified atom stereocenters. The van der Waals surface area contributed by atoms with Gasteiger partial charge in [0.15, 0.2) is 0 Å². The number of rotatable bonds is 8. The van der Waals surface area contributed by atoms with E-state index in [1.54, 1.807) is 0 Å². The van der Waals surface area contributed by atoms with Gasteiger partial charge in [0.25, 0.3) is 0 Å². The molecule has 1 aromatic carbocycles. The Kier molecular flexibility index (Phi) is 7.25. The molecule has 0 saturated carbocycles. The van der Waals surface area contributed by atoms with Crippen LogP contribution >= 0.6 is 11.6 Å². The van der Waals surface area contributed by atoms with Crippen molar-refractivity contribution in [3.05, 3.63) is 34.9 Å². The van der Waals surface area contributed by atoms with Crippen molar-refractivity contribution in [3.8, 4) is 0 Å². The molecule has 2 nitrogen and oxygen atoms in total. The molecule has 0 fully saturated rings. The van der Waals surface area contributed by atoms with Gasteiger partial charge in [-0.3, -0.25) is 0 Å². The summed E-state index contributed by atoms with van der Waals surface area (Å²) in [4.78, 5) is 0. The largest absolute Gasteiger partial charge is 0.396 e. The van der Waals surface area contributed by atoms with Crippen LogP contribution in [0.5, 0.6) is 0 Å². The normalized spacial score (nSPS) is 12.6. The summed E-state index contributed by atoms with van der Waals surface area (Å²) >= 11 is 5.83. The summed E-state index contributed by atoms with van der Waals surface area (Å²) in [5.74, 6) is 0.271. The summed E-state index contributed by atoms with van der Waals surface area (Å²) in [6.45, 7) is 3.83. The summed E-state index contributed by atoms with van der Waals surface area (Å²) in [5, 5.41) is 10.1. The van der Waals surface area contributed by atoms with Crippen molar-refractivity contribution in [2.24, 2.45) is 5.92 Å². The van der Waals surface area contributed by atoms with E-state index in [9.17, 15) is 5.11 Å². The highest BCUT2D eigenvalue weighted by atomic mass is 35.5. The van der Waals surface area contributed by atoms with E-state index in [1.807, 2.05) is 24.3 Å². The number of hydrogen-bond donors (Lipinski definition) is 1. The minimum Gasteiger partial charge on any atom is -0.396 e. The highest BCUT2D eigenvalue weighted by molar-refractivity contribution is 6.30. The third-order valence-electron chi connectivity index (χ3n) is 2.71. The van der Waals surface area contributed by atoms with E-state index < -0.39 is 0 Å². The van der Waals surface area contributed by atoms with E-state index in [0.29, 0.717) is 0 Å². The van der Waals surface area contributed by atoms with Crippen molar-refractivity contribution >= 4 is 11.6 Å². The van der Waals surface area contributed by atoms with Crippen molar-refractivity contribution in [1.29, 1.82) is 0 Å². The lowest BCUT2D eigenvalue weighted by Gasteiger charge is -2.14. The molecule has 0 aliphatic rings. The second-order valence-corrected chi connectivity index (χ2v) is 4.72. The highest BCUT2D eigenvalue weighted by Crippen LogP contribution is 2.15. The molecular weight excluding hydrogens is 236 g/mol. The Morgan fingerprint density at radius 1 is 1.24 bits per heavy atom. The van der Waals surface area contributed by atoms with Gasteiger partial charge in [-0.05, 0) is 42.9 Å². The lowest BCUT2D eigenvalue weighted by Crippen LogP contribution is -2.13. The van der Waals surface area contributed by atoms with Gasteiger partial charge in [-0.1, -0.05) is 30.7 Å². The highest BCUT2D eigenvalue weighted by Gasteiger charge is 2.08. The monoisotopic (exact) mass is 256 g/mol. The fraction of sp³-hybridized carbons (Fsp3) is 0.571. The van der Waals surface area contributed by atoms with Crippen LogP contribution in [0.4, 0.5) is 0 Å². The summed E-state index contributed by atoms with van der Waals surface area (Å²) in [6.07, 6.45) is 2.82. The average Bonchev–Trinajstić information content (AvgIpc) is 2.35. The van der Waals surface area contributed by atoms with Crippen LogP contribution in [0.25, 0.3) is 0 Å². The van der Waals surface area contributed by atoms with Crippen molar-refractivity contribution in [1.82, 2.24) is 0 Å². The molecule has 1 atom stereocenters. The fourth-order valence-corrected chi connectivity index (χ4v) is 1.83. The molecule has 1 aromatic rings. The average molecular weight is 257 g/mol. The number of hydrogen-bond acceptors (Lipinski definition) is 2. The predicted octanol–water partition coefficient (Wildman–Crippen LogP) is 3.31. The summed E-state index contributed by atoms with van der Waals surface area (Å²) in [5.41, 5.74) is 1.21. The molecular formula is C14H21ClO2. The number of ether oxygens (including phenoxy) is 1. The molecule has 96 valence electrons. The van der Waals surface area contributed by atoms with Gasteiger partial charge < -0.3 is 9.84 Å². The molecule has 1 N–H and O–H groups in total. The molecule has 0 amide bonds. The molecule has 0 saturated heterocycles. The van der Waals surface area contributed by atoms with Crippen LogP contribution in [-0.2, 0) is 11.2 Å². The minimum atomic E-state index is 0.206. The van der Waals surface area contributed by atoms with E-state index in [1.165, 1.54) is 5.56 Å². The van der Waals surface area contributed by atoms with Crippen LogP contribution in [0.1, 0.15) is 25.3 Å². The molecule has 1 rings (SSSR count). The third-order valence-corrected chi connectivity index (χ3v) is 2.97. The first kappa shape index (κ1) is 14.5. The first-order chi connectivity index (χ1) is 8.26. The van der Waals surface area contributed by atoms with Crippen LogP contribution in [0.3, 0.4) is 0 Å². The molecule has 0 heterocycles. The number of aliphatic hydroxyl groups excluding tert-OH is 1. The second-order valence-electron chi connectivity index (χ2n) is 4.28. The van der Waals surface area contributed by atoms with Gasteiger partial charge in [0.05, 0.1) is 0 Å². The van der Waals surface area contributed by atoms with Gasteiger partial charge in [-0.15, -0.1) is 0 Å². The zero-order chi connectivity index (χ0) is 12.5. The Hall–Kier alpha value is -0.570. The molecule has 0 bridgehead atoms. The number of halogens is 1. The van der Waals surface area contributed by atoms with Gasteiger partial charge in [0.2, 0.25) is 0 Å². The summed E-state index contributed by atoms with van der Waals surface area (Å²) in [6, 6.07) is 7.80. The predicted molar refractivity (Wildman–Crippen MR) is 71.5 cm³/mol. The van der Waals surface area contributed by atoms with E-state index in [-0.39, 0.29) is 12.5 Å². The third kappa shape index (κ3) is 6.06. The second kappa shape index (κ2) is 8.51. The lowest BCUT2D eigenvalue weighted by atomic mass is 9.97. The van der Waals surface area contributed by atoms with Crippen LogP contribution in [-0.4, -0.2) is 24.9 Å². The lowest BCUT2D eigenvalue weighted by molar-refractivity contribution is 0.106. The molecule has 17 heavy (non-hydrogen) atoms. The fourth-order valence-electron chi connectivity index (χ4n) is 1.71. The molecule has 0 radical (unpaired) electrons. The zero-order valence-electron chi connectivity index (χ0n) is 10.4. The van der Waals surface area contributed by atoms with Crippen LogP contribution in [0, 0.1) is 5.92 Å². The van der Waals surface area contributed by atoms with Gasteiger partial charge in [0.1, 0.15) is 0 Å². The van der Waals surface area contributed by atoms with Gasteiger partial charge in [-0.2, -0.15) is 0 Å². The zero-order valence-corrected chi connectivity index (χ0v) is 11.1. The van der Waals surface area contributed by atoms with E-state index in [2.05, 4.69) is 6.92 Å². The van der Waals surface area contributed by atoms with Gasteiger partial charge in [-0.25, -0.2) is 0 Å². The standard InChI is InChI=1S/C14H21ClO2/c1-2-8-17-9-7-13(11-16)10-12-3-5-14(15)6-4-12/h3-6,13,16H,2,7-11H2,1H3. The Balaban J connectivity index is 2.33. The first-order valence-electron chi connectivity index (χ1n) is 6.19. The SMILES string of the molecule is CCCOCCC(CO)Cc1ccc(Cl)cc1. The number of aliphatic hydroxyl groups is 1. The van der Waals surface area contributed by atoms with Gasteiger partial charge >= 0.3 is 0 Å². The number of benzene rings is 1. The van der Waals surface area contributed by atoms with Crippen LogP contribution in [0.2, 0.25) is 5.02 Å². The smallest absolute Gasteiger partial charge is 0.0469 e. The Labute approximate surface area is 109 Å². The molecule has 0 aliphatic carbocycles. The molecule has 3 heteroatoms. The molecule has 0 aliphatic heterocycles. The molecule has 0 aromatic heterocycles. The van der Waals surface area contributed by atoms with Crippen LogP contribution < -0.4 is 0 Å². The molecule has 0 spiro atoms. The van der Waals surface area contributed by atoms with E-state index in [0.717, 1.165) is 37.5 Å². The van der Waals surface area contributed by atoms with Crippen LogP contribution in [0.15, 0.2) is 24.3 Å². The Morgan fingerprint density at radius 2 is 1.94 bits per heavy atom. The Morgan fingerprint density at radius 3 is 2.53 bits per heavy atom. The van der Waals surface area contributed by atoms with Gasteiger partial charge in [0, 0.05) is 24.8 Å². The summed E-state index contributed by atoms with van der Waals surface area (Å²) in [7, 11) is 0. The quantitative estimate of drug-likeness (QED) is 0.723. The van der Waals surface area contributed by atoms with Crippen molar-refractivity contribution in [3.63, 3.8) is 0 Å².